The van der Waals surface area contributed by atoms with Crippen LogP contribution in [0.2, 0.25) is 25.7 Å². The highest BCUT2D eigenvalue weighted by Gasteiger charge is 2.11. The van der Waals surface area contributed by atoms with Gasteiger partial charge in [0.05, 0.1) is 0 Å². The van der Waals surface area contributed by atoms with Gasteiger partial charge in [0.25, 0.3) is 0 Å². The molecule has 5 heteroatoms. The van der Waals surface area contributed by atoms with E-state index in [1.807, 2.05) is 12.1 Å². The molecule has 1 heterocycles. The lowest BCUT2D eigenvalue weighted by Crippen LogP contribution is -2.22. The minimum Gasteiger partial charge on any atom is -0.467 e. The second-order valence-electron chi connectivity index (χ2n) is 5.94. The highest BCUT2D eigenvalue weighted by molar-refractivity contribution is 6.76. The molecule has 0 saturated carbocycles. The lowest BCUT2D eigenvalue weighted by molar-refractivity contribution is 0.0221. The lowest BCUT2D eigenvalue weighted by Gasteiger charge is -2.15. The van der Waals surface area contributed by atoms with Crippen molar-refractivity contribution in [3.8, 4) is 5.75 Å². The maximum absolute atomic E-state index is 11.2. The summed E-state index contributed by atoms with van der Waals surface area (Å²) in [6.07, 6.45) is 0. The summed E-state index contributed by atoms with van der Waals surface area (Å²) in [5.41, 5.74) is 0.165. The van der Waals surface area contributed by atoms with Crippen molar-refractivity contribution in [2.75, 3.05) is 13.4 Å². The largest absolute Gasteiger partial charge is 0.467 e. The number of rotatable bonds is 6. The topological polar surface area (TPSA) is 48.7 Å². The standard InChI is InChI=1S/C15H20O4Si/c1-20(2,3)9-8-17-11-18-13-6-4-12-5-7-15(16)19-14(12)10-13/h4-7,10H,8-9,11H2,1-3H3. The van der Waals surface area contributed by atoms with Gasteiger partial charge in [-0.25, -0.2) is 4.79 Å². The summed E-state index contributed by atoms with van der Waals surface area (Å²) in [4.78, 5) is 11.2. The molecule has 0 aliphatic heterocycles. The number of ether oxygens (including phenoxy) is 2. The Labute approximate surface area is 119 Å². The number of benzene rings is 1. The fourth-order valence-corrected chi connectivity index (χ4v) is 2.43. The van der Waals surface area contributed by atoms with Gasteiger partial charge in [0, 0.05) is 32.2 Å². The molecule has 0 N–H and O–H groups in total. The van der Waals surface area contributed by atoms with E-state index in [0.717, 1.165) is 18.0 Å². The summed E-state index contributed by atoms with van der Waals surface area (Å²) in [5, 5.41) is 0.872. The molecule has 2 aromatic rings. The fourth-order valence-electron chi connectivity index (χ4n) is 1.68. The third kappa shape index (κ3) is 4.50. The summed E-state index contributed by atoms with van der Waals surface area (Å²) in [5.74, 6) is 0.639. The maximum atomic E-state index is 11.2. The number of fused-ring (bicyclic) bond motifs is 1. The average molecular weight is 292 g/mol. The second-order valence-corrected chi connectivity index (χ2v) is 11.6. The van der Waals surface area contributed by atoms with E-state index in [0.29, 0.717) is 11.3 Å². The maximum Gasteiger partial charge on any atom is 0.336 e. The van der Waals surface area contributed by atoms with Crippen molar-refractivity contribution < 1.29 is 13.9 Å². The zero-order chi connectivity index (χ0) is 14.6. The monoisotopic (exact) mass is 292 g/mol. The van der Waals surface area contributed by atoms with Gasteiger partial charge in [0.1, 0.15) is 11.3 Å². The molecule has 0 aliphatic rings. The Balaban J connectivity index is 1.89. The van der Waals surface area contributed by atoms with Gasteiger partial charge >= 0.3 is 5.63 Å². The van der Waals surface area contributed by atoms with Crippen molar-refractivity contribution in [1.82, 2.24) is 0 Å². The van der Waals surface area contributed by atoms with E-state index in [2.05, 4.69) is 19.6 Å². The van der Waals surface area contributed by atoms with Crippen LogP contribution in [-0.4, -0.2) is 21.5 Å². The SMILES string of the molecule is C[Si](C)(C)CCOCOc1ccc2ccc(=O)oc2c1. The van der Waals surface area contributed by atoms with Crippen molar-refractivity contribution in [3.63, 3.8) is 0 Å². The molecule has 0 saturated heterocycles. The molecule has 108 valence electrons. The van der Waals surface area contributed by atoms with Gasteiger partial charge in [-0.15, -0.1) is 0 Å². The third-order valence-electron chi connectivity index (χ3n) is 2.90. The highest BCUT2D eigenvalue weighted by atomic mass is 28.3. The van der Waals surface area contributed by atoms with E-state index < -0.39 is 8.07 Å². The number of hydrogen-bond donors (Lipinski definition) is 0. The Kier molecular flexibility index (Phi) is 4.62. The van der Waals surface area contributed by atoms with Crippen LogP contribution in [0.5, 0.6) is 5.75 Å². The quantitative estimate of drug-likeness (QED) is 0.354. The van der Waals surface area contributed by atoms with Gasteiger partial charge in [-0.05, 0) is 24.2 Å². The molecular formula is C15H20O4Si. The Morgan fingerprint density at radius 1 is 1.15 bits per heavy atom. The average Bonchev–Trinajstić information content (AvgIpc) is 2.36. The Bertz CT molecular complexity index is 628. The van der Waals surface area contributed by atoms with Crippen LogP contribution in [0.15, 0.2) is 39.5 Å². The first-order valence-electron chi connectivity index (χ1n) is 6.68. The lowest BCUT2D eigenvalue weighted by atomic mass is 10.2. The first-order chi connectivity index (χ1) is 9.44. The summed E-state index contributed by atoms with van der Waals surface area (Å²) in [6.45, 7) is 7.86. The van der Waals surface area contributed by atoms with Gasteiger partial charge in [0.15, 0.2) is 6.79 Å². The first kappa shape index (κ1) is 14.8. The van der Waals surface area contributed by atoms with Crippen LogP contribution in [0.25, 0.3) is 11.0 Å². The van der Waals surface area contributed by atoms with Crippen molar-refractivity contribution >= 4 is 19.0 Å². The molecule has 2 rings (SSSR count). The van der Waals surface area contributed by atoms with Crippen LogP contribution in [0.3, 0.4) is 0 Å². The second kappa shape index (κ2) is 6.24. The van der Waals surface area contributed by atoms with E-state index in [4.69, 9.17) is 13.9 Å². The minimum absolute atomic E-state index is 0.215. The van der Waals surface area contributed by atoms with Crippen molar-refractivity contribution in [1.29, 1.82) is 0 Å². The Morgan fingerprint density at radius 2 is 1.90 bits per heavy atom. The third-order valence-corrected chi connectivity index (χ3v) is 4.60. The van der Waals surface area contributed by atoms with Crippen LogP contribution >= 0.6 is 0 Å². The predicted molar refractivity (Wildman–Crippen MR) is 82.1 cm³/mol. The molecule has 0 atom stereocenters. The van der Waals surface area contributed by atoms with Gasteiger partial charge in [0.2, 0.25) is 0 Å². The molecule has 1 aromatic heterocycles. The highest BCUT2D eigenvalue weighted by Crippen LogP contribution is 2.19. The zero-order valence-corrected chi connectivity index (χ0v) is 13.1. The zero-order valence-electron chi connectivity index (χ0n) is 12.1. The molecular weight excluding hydrogens is 272 g/mol. The van der Waals surface area contributed by atoms with Crippen molar-refractivity contribution in [3.05, 3.63) is 40.8 Å². The van der Waals surface area contributed by atoms with Crippen molar-refractivity contribution in [2.45, 2.75) is 25.7 Å². The van der Waals surface area contributed by atoms with Gasteiger partial charge < -0.3 is 13.9 Å². The Morgan fingerprint density at radius 3 is 2.65 bits per heavy atom. The predicted octanol–water partition coefficient (Wildman–Crippen LogP) is 3.48. The molecule has 20 heavy (non-hydrogen) atoms. The van der Waals surface area contributed by atoms with Gasteiger partial charge in [-0.1, -0.05) is 19.6 Å². The molecule has 1 aromatic carbocycles. The fraction of sp³-hybridized carbons (Fsp3) is 0.400. The molecule has 0 amide bonds. The van der Waals surface area contributed by atoms with E-state index in [9.17, 15) is 4.79 Å². The molecule has 0 unspecified atom stereocenters. The van der Waals surface area contributed by atoms with Gasteiger partial charge in [-0.2, -0.15) is 0 Å². The van der Waals surface area contributed by atoms with E-state index >= 15 is 0 Å². The van der Waals surface area contributed by atoms with Crippen molar-refractivity contribution in [2.24, 2.45) is 0 Å². The summed E-state index contributed by atoms with van der Waals surface area (Å²) in [6, 6.07) is 9.65. The van der Waals surface area contributed by atoms with Crippen LogP contribution in [0, 0.1) is 0 Å². The van der Waals surface area contributed by atoms with E-state index in [1.54, 1.807) is 12.1 Å². The molecule has 4 nitrogen and oxygen atoms in total. The summed E-state index contributed by atoms with van der Waals surface area (Å²) in [7, 11) is -1.06. The van der Waals surface area contributed by atoms with E-state index in [-0.39, 0.29) is 12.4 Å². The van der Waals surface area contributed by atoms with Gasteiger partial charge in [-0.3, -0.25) is 0 Å². The first-order valence-corrected chi connectivity index (χ1v) is 10.4. The summed E-state index contributed by atoms with van der Waals surface area (Å²) >= 11 is 0. The summed E-state index contributed by atoms with van der Waals surface area (Å²) < 4.78 is 16.1. The van der Waals surface area contributed by atoms with Crippen LogP contribution in [0.1, 0.15) is 0 Å². The number of hydrogen-bond acceptors (Lipinski definition) is 4. The van der Waals surface area contributed by atoms with Crippen LogP contribution in [-0.2, 0) is 4.74 Å². The minimum atomic E-state index is -1.06. The molecule has 0 aliphatic carbocycles. The molecule has 0 fully saturated rings. The van der Waals surface area contributed by atoms with Crippen LogP contribution in [0.4, 0.5) is 0 Å². The molecule has 0 radical (unpaired) electrons. The smallest absolute Gasteiger partial charge is 0.336 e. The van der Waals surface area contributed by atoms with E-state index in [1.165, 1.54) is 6.07 Å². The molecule has 0 bridgehead atoms. The molecule has 0 spiro atoms. The Hall–Kier alpha value is -1.59. The normalized spacial score (nSPS) is 11.8. The van der Waals surface area contributed by atoms with Crippen LogP contribution < -0.4 is 10.4 Å².